The number of nitrogens with zero attached hydrogens (tertiary/aromatic N) is 1. The lowest BCUT2D eigenvalue weighted by Crippen LogP contribution is -2.26. The molecule has 0 fully saturated rings. The van der Waals surface area contributed by atoms with Crippen LogP contribution < -0.4 is 10.7 Å². The Morgan fingerprint density at radius 1 is 1.13 bits per heavy atom. The molecule has 0 aromatic heterocycles. The van der Waals surface area contributed by atoms with Crippen LogP contribution >= 0.6 is 0 Å². The molecule has 0 spiro atoms. The number of hydrazone groups is 1. The summed E-state index contributed by atoms with van der Waals surface area (Å²) in [5, 5.41) is 7.03. The van der Waals surface area contributed by atoms with Gasteiger partial charge in [0.2, 0.25) is 0 Å². The van der Waals surface area contributed by atoms with Crippen molar-refractivity contribution in [2.75, 3.05) is 11.9 Å². The molecule has 2 aromatic carbocycles. The predicted molar refractivity (Wildman–Crippen MR) is 91.2 cm³/mol. The largest absolute Gasteiger partial charge is 0.376 e. The Labute approximate surface area is 135 Å². The number of amides is 1. The fraction of sp³-hybridized carbons (Fsp3) is 0.222. The summed E-state index contributed by atoms with van der Waals surface area (Å²) in [5.74, 6) is -0.577. The van der Waals surface area contributed by atoms with E-state index in [-0.39, 0.29) is 18.3 Å². The Morgan fingerprint density at radius 3 is 2.48 bits per heavy atom. The second kappa shape index (κ2) is 7.54. The number of halogens is 1. The van der Waals surface area contributed by atoms with Gasteiger partial charge in [-0.15, -0.1) is 0 Å². The van der Waals surface area contributed by atoms with Crippen LogP contribution in [0.1, 0.15) is 23.6 Å². The summed E-state index contributed by atoms with van der Waals surface area (Å²) in [6, 6.07) is 11.9. The molecule has 0 aliphatic heterocycles. The third kappa shape index (κ3) is 4.92. The van der Waals surface area contributed by atoms with Crippen molar-refractivity contribution in [2.24, 2.45) is 5.10 Å². The van der Waals surface area contributed by atoms with Crippen LogP contribution in [0, 0.1) is 19.7 Å². The predicted octanol–water partition coefficient (Wildman–Crippen LogP) is 3.39. The van der Waals surface area contributed by atoms with E-state index < -0.39 is 0 Å². The van der Waals surface area contributed by atoms with Gasteiger partial charge in [0.15, 0.2) is 0 Å². The summed E-state index contributed by atoms with van der Waals surface area (Å²) in [4.78, 5) is 11.8. The molecule has 5 heteroatoms. The van der Waals surface area contributed by atoms with E-state index in [9.17, 15) is 9.18 Å². The average Bonchev–Trinajstić information content (AvgIpc) is 2.52. The minimum atomic E-state index is -0.311. The van der Waals surface area contributed by atoms with E-state index in [4.69, 9.17) is 0 Å². The molecule has 0 bridgehead atoms. The van der Waals surface area contributed by atoms with Crippen molar-refractivity contribution in [1.82, 2.24) is 5.43 Å². The van der Waals surface area contributed by atoms with E-state index in [0.717, 1.165) is 16.8 Å². The molecule has 0 radical (unpaired) electrons. The fourth-order valence-electron chi connectivity index (χ4n) is 2.22. The van der Waals surface area contributed by atoms with Crippen molar-refractivity contribution in [3.8, 4) is 0 Å². The van der Waals surface area contributed by atoms with E-state index in [1.165, 1.54) is 17.7 Å². The molecule has 0 saturated carbocycles. The number of aryl methyl sites for hydroxylation is 2. The van der Waals surface area contributed by atoms with Crippen LogP contribution in [0.2, 0.25) is 0 Å². The third-order valence-corrected chi connectivity index (χ3v) is 3.42. The molecule has 0 saturated heterocycles. The maximum Gasteiger partial charge on any atom is 0.259 e. The Kier molecular flexibility index (Phi) is 5.46. The van der Waals surface area contributed by atoms with E-state index in [1.807, 2.05) is 32.9 Å². The number of anilines is 1. The lowest BCUT2D eigenvalue weighted by Gasteiger charge is -2.08. The number of hydrogen-bond acceptors (Lipinski definition) is 3. The zero-order valence-electron chi connectivity index (χ0n) is 13.5. The normalized spacial score (nSPS) is 11.2. The topological polar surface area (TPSA) is 53.5 Å². The van der Waals surface area contributed by atoms with Crippen LogP contribution in [0.15, 0.2) is 47.6 Å². The molecule has 120 valence electrons. The first kappa shape index (κ1) is 16.7. The Balaban J connectivity index is 1.90. The number of nitrogens with one attached hydrogen (secondary N) is 2. The molecule has 2 aromatic rings. The van der Waals surface area contributed by atoms with E-state index >= 15 is 0 Å². The molecule has 0 aliphatic carbocycles. The first-order valence-electron chi connectivity index (χ1n) is 7.36. The average molecular weight is 313 g/mol. The molecule has 1 amide bonds. The molecule has 23 heavy (non-hydrogen) atoms. The maximum atomic E-state index is 12.8. The molecular weight excluding hydrogens is 293 g/mol. The third-order valence-electron chi connectivity index (χ3n) is 3.42. The van der Waals surface area contributed by atoms with Gasteiger partial charge in [-0.05, 0) is 50.6 Å². The highest BCUT2D eigenvalue weighted by Gasteiger charge is 2.04. The number of hydrogen-bond donors (Lipinski definition) is 2. The Hall–Kier alpha value is -2.69. The van der Waals surface area contributed by atoms with E-state index in [1.54, 1.807) is 12.1 Å². The zero-order valence-corrected chi connectivity index (χ0v) is 13.5. The first-order chi connectivity index (χ1) is 11.0. The van der Waals surface area contributed by atoms with Crippen molar-refractivity contribution in [3.05, 3.63) is 65.0 Å². The summed E-state index contributed by atoms with van der Waals surface area (Å²) in [6.45, 7) is 5.96. The highest BCUT2D eigenvalue weighted by molar-refractivity contribution is 6.00. The van der Waals surface area contributed by atoms with Crippen LogP contribution in [0.4, 0.5) is 10.1 Å². The van der Waals surface area contributed by atoms with Crippen molar-refractivity contribution in [3.63, 3.8) is 0 Å². The van der Waals surface area contributed by atoms with Crippen molar-refractivity contribution in [2.45, 2.75) is 20.8 Å². The van der Waals surface area contributed by atoms with Crippen molar-refractivity contribution >= 4 is 17.3 Å². The van der Waals surface area contributed by atoms with Crippen LogP contribution in [0.25, 0.3) is 0 Å². The second-order valence-electron chi connectivity index (χ2n) is 5.41. The van der Waals surface area contributed by atoms with Gasteiger partial charge in [0.25, 0.3) is 5.91 Å². The van der Waals surface area contributed by atoms with Gasteiger partial charge in [-0.1, -0.05) is 23.8 Å². The van der Waals surface area contributed by atoms with Gasteiger partial charge in [0.1, 0.15) is 5.82 Å². The lowest BCUT2D eigenvalue weighted by molar-refractivity contribution is -0.119. The van der Waals surface area contributed by atoms with Gasteiger partial charge in [-0.2, -0.15) is 5.10 Å². The van der Waals surface area contributed by atoms with Gasteiger partial charge < -0.3 is 5.32 Å². The van der Waals surface area contributed by atoms with Crippen LogP contribution in [0.5, 0.6) is 0 Å². The minimum absolute atomic E-state index is 0.0648. The Morgan fingerprint density at radius 2 is 1.83 bits per heavy atom. The Bertz CT molecular complexity index is 724. The highest BCUT2D eigenvalue weighted by Crippen LogP contribution is 2.11. The summed E-state index contributed by atoms with van der Waals surface area (Å²) in [5.41, 5.74) is 7.25. The monoisotopic (exact) mass is 313 g/mol. The fourth-order valence-corrected chi connectivity index (χ4v) is 2.22. The molecule has 2 N–H and O–H groups in total. The first-order valence-corrected chi connectivity index (χ1v) is 7.36. The number of rotatable bonds is 5. The molecule has 0 heterocycles. The van der Waals surface area contributed by atoms with Crippen molar-refractivity contribution in [1.29, 1.82) is 0 Å². The quantitative estimate of drug-likeness (QED) is 0.656. The van der Waals surface area contributed by atoms with Gasteiger partial charge in [-0.25, -0.2) is 9.82 Å². The van der Waals surface area contributed by atoms with Crippen LogP contribution in [-0.2, 0) is 4.79 Å². The van der Waals surface area contributed by atoms with Crippen molar-refractivity contribution < 1.29 is 9.18 Å². The zero-order chi connectivity index (χ0) is 16.8. The van der Waals surface area contributed by atoms with Gasteiger partial charge in [0.05, 0.1) is 12.3 Å². The maximum absolute atomic E-state index is 12.8. The summed E-state index contributed by atoms with van der Waals surface area (Å²) >= 11 is 0. The molecule has 0 aliphatic rings. The smallest absolute Gasteiger partial charge is 0.259 e. The van der Waals surface area contributed by atoms with E-state index in [2.05, 4.69) is 21.9 Å². The summed E-state index contributed by atoms with van der Waals surface area (Å²) < 4.78 is 12.8. The second-order valence-corrected chi connectivity index (χ2v) is 5.41. The molecule has 0 unspecified atom stereocenters. The molecule has 4 nitrogen and oxygen atoms in total. The summed E-state index contributed by atoms with van der Waals surface area (Å²) in [6.07, 6.45) is 0. The number of carbonyl (C=O) groups excluding carboxylic acids is 1. The SMILES string of the molecule is C/C(=N/NC(=O)CNc1ccc(F)cc1)c1ccc(C)cc1C. The van der Waals surface area contributed by atoms with Gasteiger partial charge in [0, 0.05) is 11.3 Å². The van der Waals surface area contributed by atoms with Crippen LogP contribution in [-0.4, -0.2) is 18.2 Å². The highest BCUT2D eigenvalue weighted by atomic mass is 19.1. The minimum Gasteiger partial charge on any atom is -0.376 e. The number of carbonyl (C=O) groups is 1. The molecule has 0 atom stereocenters. The number of benzene rings is 2. The van der Waals surface area contributed by atoms with E-state index in [0.29, 0.717) is 5.69 Å². The molecule has 2 rings (SSSR count). The lowest BCUT2D eigenvalue weighted by atomic mass is 10.0. The van der Waals surface area contributed by atoms with Gasteiger partial charge >= 0.3 is 0 Å². The molecular formula is C18H20FN3O. The van der Waals surface area contributed by atoms with Gasteiger partial charge in [-0.3, -0.25) is 4.79 Å². The standard InChI is InChI=1S/C18H20FN3O/c1-12-4-9-17(13(2)10-12)14(3)21-22-18(23)11-20-16-7-5-15(19)6-8-16/h4-10,20H,11H2,1-3H3,(H,22,23)/b21-14-. The summed E-state index contributed by atoms with van der Waals surface area (Å²) in [7, 11) is 0. The van der Waals surface area contributed by atoms with Crippen LogP contribution in [0.3, 0.4) is 0 Å².